The molecule has 1 saturated carbocycles. The van der Waals surface area contributed by atoms with Crippen molar-refractivity contribution >= 4 is 33.3 Å². The number of hydrogen-bond acceptors (Lipinski definition) is 6. The fraction of sp³-hybridized carbons (Fsp3) is 0.455. The second-order valence-electron chi connectivity index (χ2n) is 7.97. The van der Waals surface area contributed by atoms with Crippen LogP contribution in [0.5, 0.6) is 0 Å². The summed E-state index contributed by atoms with van der Waals surface area (Å²) in [5.74, 6) is 1.55. The first-order chi connectivity index (χ1) is 14.2. The number of anilines is 1. The molecule has 2 aliphatic rings. The fourth-order valence-electron chi connectivity index (χ4n) is 4.05. The van der Waals surface area contributed by atoms with Crippen LogP contribution in [0.3, 0.4) is 0 Å². The van der Waals surface area contributed by atoms with Crippen LogP contribution < -0.4 is 10.2 Å². The summed E-state index contributed by atoms with van der Waals surface area (Å²) < 4.78 is 0. The molecule has 0 unspecified atom stereocenters. The lowest BCUT2D eigenvalue weighted by molar-refractivity contribution is -0.120. The Morgan fingerprint density at radius 1 is 1.24 bits per heavy atom. The van der Waals surface area contributed by atoms with Gasteiger partial charge in [-0.3, -0.25) is 9.78 Å². The lowest BCUT2D eigenvalue weighted by Crippen LogP contribution is -2.27. The van der Waals surface area contributed by atoms with Gasteiger partial charge in [-0.2, -0.15) is 0 Å². The first-order valence-electron chi connectivity index (χ1n) is 10.4. The number of thiophene rings is 1. The number of carbonyl (C=O) groups excluding carboxylic acids is 1. The van der Waals surface area contributed by atoms with E-state index in [2.05, 4.69) is 22.2 Å². The van der Waals surface area contributed by atoms with Crippen LogP contribution in [0, 0.1) is 0 Å². The summed E-state index contributed by atoms with van der Waals surface area (Å²) in [6, 6.07) is 6.26. The van der Waals surface area contributed by atoms with Crippen molar-refractivity contribution in [3.05, 3.63) is 46.4 Å². The molecule has 0 spiro atoms. The van der Waals surface area contributed by atoms with Crippen molar-refractivity contribution < 1.29 is 4.79 Å². The van der Waals surface area contributed by atoms with Crippen LogP contribution in [0.15, 0.2) is 24.4 Å². The summed E-state index contributed by atoms with van der Waals surface area (Å²) in [5.41, 5.74) is 2.29. The molecule has 7 heteroatoms. The van der Waals surface area contributed by atoms with Crippen LogP contribution in [0.4, 0.5) is 5.82 Å². The van der Waals surface area contributed by atoms with E-state index in [1.807, 2.05) is 18.2 Å². The van der Waals surface area contributed by atoms with Crippen LogP contribution in [-0.4, -0.2) is 33.9 Å². The van der Waals surface area contributed by atoms with Gasteiger partial charge in [-0.05, 0) is 56.2 Å². The highest BCUT2D eigenvalue weighted by Gasteiger charge is 2.31. The van der Waals surface area contributed by atoms with Gasteiger partial charge in [0.1, 0.15) is 16.5 Å². The molecule has 0 atom stereocenters. The van der Waals surface area contributed by atoms with Gasteiger partial charge < -0.3 is 10.2 Å². The lowest BCUT2D eigenvalue weighted by atomic mass is 9.97. The number of carbonyl (C=O) groups is 1. The van der Waals surface area contributed by atoms with Crippen LogP contribution in [-0.2, 0) is 30.6 Å². The van der Waals surface area contributed by atoms with Gasteiger partial charge in [-0.1, -0.05) is 6.07 Å². The SMILES string of the molecule is CN(c1nc(CC(=O)NCc2ccccn2)nc2sc3c(c12)CCCC3)C1CC1. The third-order valence-electron chi connectivity index (χ3n) is 5.78. The van der Waals surface area contributed by atoms with E-state index in [4.69, 9.17) is 9.97 Å². The highest BCUT2D eigenvalue weighted by molar-refractivity contribution is 7.19. The summed E-state index contributed by atoms with van der Waals surface area (Å²) in [6.07, 6.45) is 9.11. The molecule has 3 heterocycles. The highest BCUT2D eigenvalue weighted by Crippen LogP contribution is 2.41. The predicted octanol–water partition coefficient (Wildman–Crippen LogP) is 3.42. The smallest absolute Gasteiger partial charge is 0.227 e. The fourth-order valence-corrected chi connectivity index (χ4v) is 5.32. The molecule has 1 N–H and O–H groups in total. The van der Waals surface area contributed by atoms with Crippen molar-refractivity contribution in [1.82, 2.24) is 20.3 Å². The Morgan fingerprint density at radius 2 is 2.10 bits per heavy atom. The minimum Gasteiger partial charge on any atom is -0.356 e. The zero-order chi connectivity index (χ0) is 19.8. The Morgan fingerprint density at radius 3 is 2.90 bits per heavy atom. The largest absolute Gasteiger partial charge is 0.356 e. The standard InChI is InChI=1S/C22H25N5OS/c1-27(15-9-10-15)21-20-16-7-2-3-8-17(16)29-22(20)26-18(25-21)12-19(28)24-13-14-6-4-5-11-23-14/h4-6,11,15H,2-3,7-10,12-13H2,1H3,(H,24,28). The van der Waals surface area contributed by atoms with Crippen molar-refractivity contribution in [2.75, 3.05) is 11.9 Å². The Kier molecular flexibility index (Phi) is 4.91. The van der Waals surface area contributed by atoms with Gasteiger partial charge in [0.25, 0.3) is 0 Å². The molecule has 0 bridgehead atoms. The molecule has 0 saturated heterocycles. The highest BCUT2D eigenvalue weighted by atomic mass is 32.1. The maximum atomic E-state index is 12.5. The van der Waals surface area contributed by atoms with Crippen molar-refractivity contribution in [2.24, 2.45) is 0 Å². The summed E-state index contributed by atoms with van der Waals surface area (Å²) >= 11 is 1.80. The number of hydrogen-bond donors (Lipinski definition) is 1. The Balaban J connectivity index is 1.42. The first-order valence-corrected chi connectivity index (χ1v) is 11.2. The zero-order valence-corrected chi connectivity index (χ0v) is 17.5. The molecule has 150 valence electrons. The molecule has 6 nitrogen and oxygen atoms in total. The van der Waals surface area contributed by atoms with Gasteiger partial charge in [0.15, 0.2) is 0 Å². The number of nitrogens with zero attached hydrogens (tertiary/aromatic N) is 4. The Labute approximate surface area is 174 Å². The number of nitrogens with one attached hydrogen (secondary N) is 1. The molecule has 5 rings (SSSR count). The molecule has 3 aromatic rings. The molecule has 1 fully saturated rings. The molecule has 0 radical (unpaired) electrons. The van der Waals surface area contributed by atoms with Gasteiger partial charge in [-0.15, -0.1) is 11.3 Å². The molecule has 29 heavy (non-hydrogen) atoms. The molecule has 1 amide bonds. The predicted molar refractivity (Wildman–Crippen MR) is 115 cm³/mol. The summed E-state index contributed by atoms with van der Waals surface area (Å²) in [5, 5.41) is 4.17. The molecular weight excluding hydrogens is 382 g/mol. The van der Waals surface area contributed by atoms with Crippen molar-refractivity contribution in [3.63, 3.8) is 0 Å². The number of pyridine rings is 1. The van der Waals surface area contributed by atoms with Crippen molar-refractivity contribution in [2.45, 2.75) is 57.5 Å². The zero-order valence-electron chi connectivity index (χ0n) is 16.6. The molecule has 3 aromatic heterocycles. The lowest BCUT2D eigenvalue weighted by Gasteiger charge is -2.20. The van der Waals surface area contributed by atoms with E-state index in [1.54, 1.807) is 17.5 Å². The molecule has 0 aromatic carbocycles. The second-order valence-corrected chi connectivity index (χ2v) is 9.05. The van der Waals surface area contributed by atoms with Gasteiger partial charge in [0, 0.05) is 24.2 Å². The van der Waals surface area contributed by atoms with E-state index < -0.39 is 0 Å². The summed E-state index contributed by atoms with van der Waals surface area (Å²) in [4.78, 5) is 31.3. The van der Waals surface area contributed by atoms with Gasteiger partial charge >= 0.3 is 0 Å². The third kappa shape index (κ3) is 3.83. The second kappa shape index (κ2) is 7.71. The van der Waals surface area contributed by atoms with E-state index in [9.17, 15) is 4.79 Å². The van der Waals surface area contributed by atoms with Gasteiger partial charge in [0.2, 0.25) is 5.91 Å². The van der Waals surface area contributed by atoms with Crippen molar-refractivity contribution in [3.8, 4) is 0 Å². The van der Waals surface area contributed by atoms with Crippen molar-refractivity contribution in [1.29, 1.82) is 0 Å². The number of fused-ring (bicyclic) bond motifs is 3. The third-order valence-corrected chi connectivity index (χ3v) is 6.97. The average Bonchev–Trinajstić information content (AvgIpc) is 3.52. The summed E-state index contributed by atoms with van der Waals surface area (Å²) in [7, 11) is 2.14. The maximum Gasteiger partial charge on any atom is 0.227 e. The Hall–Kier alpha value is -2.54. The first kappa shape index (κ1) is 18.5. The normalized spacial score (nSPS) is 15.9. The molecular formula is C22H25N5OS. The minimum absolute atomic E-state index is 0.0728. The topological polar surface area (TPSA) is 71.0 Å². The Bertz CT molecular complexity index is 1040. The van der Waals surface area contributed by atoms with E-state index in [-0.39, 0.29) is 12.3 Å². The van der Waals surface area contributed by atoms with Crippen LogP contribution in [0.2, 0.25) is 0 Å². The van der Waals surface area contributed by atoms with Crippen LogP contribution in [0.25, 0.3) is 10.2 Å². The van der Waals surface area contributed by atoms with E-state index in [0.29, 0.717) is 18.4 Å². The molecule has 2 aliphatic carbocycles. The number of amides is 1. The average molecular weight is 408 g/mol. The van der Waals surface area contributed by atoms with Crippen LogP contribution in [0.1, 0.15) is 47.6 Å². The molecule has 0 aliphatic heterocycles. The minimum atomic E-state index is -0.0728. The number of rotatable bonds is 6. The van der Waals surface area contributed by atoms with E-state index in [0.717, 1.165) is 29.2 Å². The van der Waals surface area contributed by atoms with Gasteiger partial charge in [0.05, 0.1) is 24.0 Å². The monoisotopic (exact) mass is 407 g/mol. The number of aromatic nitrogens is 3. The summed E-state index contributed by atoms with van der Waals surface area (Å²) in [6.45, 7) is 0.421. The van der Waals surface area contributed by atoms with E-state index >= 15 is 0 Å². The van der Waals surface area contributed by atoms with Crippen LogP contribution >= 0.6 is 11.3 Å². The number of aryl methyl sites for hydroxylation is 2. The maximum absolute atomic E-state index is 12.5. The van der Waals surface area contributed by atoms with E-state index in [1.165, 1.54) is 41.5 Å². The van der Waals surface area contributed by atoms with Gasteiger partial charge in [-0.25, -0.2) is 9.97 Å². The quantitative estimate of drug-likeness (QED) is 0.678.